The van der Waals surface area contributed by atoms with Crippen molar-refractivity contribution in [1.29, 1.82) is 0 Å². The minimum Gasteiger partial charge on any atom is -0.354 e. The molecule has 7 nitrogen and oxygen atoms in total. The van der Waals surface area contributed by atoms with Crippen molar-refractivity contribution >= 4 is 23.1 Å². The van der Waals surface area contributed by atoms with Crippen LogP contribution in [0.5, 0.6) is 0 Å². The summed E-state index contributed by atoms with van der Waals surface area (Å²) in [6.07, 6.45) is 1.24. The summed E-state index contributed by atoms with van der Waals surface area (Å²) in [4.78, 5) is 29.8. The number of nitrogens with zero attached hydrogens (tertiary/aromatic N) is 1. The minimum absolute atomic E-state index is 0.209. The molecule has 1 aliphatic rings. The molecule has 0 bridgehead atoms. The van der Waals surface area contributed by atoms with Crippen LogP contribution in [0.25, 0.3) is 0 Å². The predicted molar refractivity (Wildman–Crippen MR) is 50.4 cm³/mol. The molecule has 1 fully saturated rings. The number of carbonyl (C=O) groups is 2. The van der Waals surface area contributed by atoms with Crippen LogP contribution in [0.3, 0.4) is 0 Å². The molecular weight excluding hydrogens is 224 g/mol. The van der Waals surface area contributed by atoms with Crippen LogP contribution in [-0.2, 0) is 25.7 Å². The molecule has 0 saturated carbocycles. The van der Waals surface area contributed by atoms with Gasteiger partial charge in [-0.1, -0.05) is 0 Å². The first-order valence-corrected chi connectivity index (χ1v) is 5.47. The smallest absolute Gasteiger partial charge is 0.348 e. The molecule has 1 rings (SSSR count). The molecule has 1 heterocycles. The maximum atomic E-state index is 11.3. The van der Waals surface area contributed by atoms with E-state index in [2.05, 4.69) is 4.84 Å². The molecule has 0 aromatic heterocycles. The fourth-order valence-electron chi connectivity index (χ4n) is 1.53. The quantitative estimate of drug-likeness (QED) is 0.493. The van der Waals surface area contributed by atoms with E-state index in [0.717, 1.165) is 6.42 Å². The van der Waals surface area contributed by atoms with Crippen molar-refractivity contribution in [2.75, 3.05) is 6.54 Å². The molecule has 0 spiro atoms. The lowest BCUT2D eigenvalue weighted by molar-refractivity contribution is -0.155. The Labute approximate surface area is 89.1 Å². The maximum Gasteiger partial charge on any atom is 0.348 e. The summed E-state index contributed by atoms with van der Waals surface area (Å²) < 4.78 is 18.5. The SMILES string of the molecule is CC(=O)N1CCCC1C(=O)ONS(=O)O. The Balaban J connectivity index is 2.51. The van der Waals surface area contributed by atoms with Crippen LogP contribution in [0.2, 0.25) is 0 Å². The van der Waals surface area contributed by atoms with Crippen molar-refractivity contribution in [2.45, 2.75) is 25.8 Å². The molecule has 2 atom stereocenters. The zero-order chi connectivity index (χ0) is 11.4. The molecule has 0 aromatic rings. The second-order valence-electron chi connectivity index (χ2n) is 3.12. The average Bonchev–Trinajstić information content (AvgIpc) is 2.62. The summed E-state index contributed by atoms with van der Waals surface area (Å²) in [5.74, 6) is -0.926. The van der Waals surface area contributed by atoms with Gasteiger partial charge in [-0.3, -0.25) is 9.35 Å². The molecule has 1 aliphatic heterocycles. The molecule has 1 saturated heterocycles. The van der Waals surface area contributed by atoms with E-state index >= 15 is 0 Å². The Morgan fingerprint density at radius 3 is 2.80 bits per heavy atom. The van der Waals surface area contributed by atoms with E-state index < -0.39 is 23.3 Å². The van der Waals surface area contributed by atoms with Gasteiger partial charge in [-0.25, -0.2) is 9.00 Å². The second kappa shape index (κ2) is 5.19. The first-order valence-electron chi connectivity index (χ1n) is 4.36. The first kappa shape index (κ1) is 12.1. The Hall–Kier alpha value is -0.990. The first-order chi connectivity index (χ1) is 7.02. The van der Waals surface area contributed by atoms with Crippen molar-refractivity contribution in [1.82, 2.24) is 9.79 Å². The van der Waals surface area contributed by atoms with E-state index in [9.17, 15) is 13.8 Å². The Bertz CT molecular complexity index is 295. The van der Waals surface area contributed by atoms with Gasteiger partial charge >= 0.3 is 5.97 Å². The third-order valence-corrected chi connectivity index (χ3v) is 2.37. The fraction of sp³-hybridized carbons (Fsp3) is 0.714. The molecule has 15 heavy (non-hydrogen) atoms. The van der Waals surface area contributed by atoms with Gasteiger partial charge in [0.25, 0.3) is 11.3 Å². The van der Waals surface area contributed by atoms with Gasteiger partial charge in [0.1, 0.15) is 6.04 Å². The zero-order valence-electron chi connectivity index (χ0n) is 8.13. The number of amides is 1. The molecule has 0 aliphatic carbocycles. The summed E-state index contributed by atoms with van der Waals surface area (Å²) in [5.41, 5.74) is 0. The third kappa shape index (κ3) is 3.26. The molecule has 2 N–H and O–H groups in total. The number of carbonyl (C=O) groups excluding carboxylic acids is 2. The highest BCUT2D eigenvalue weighted by molar-refractivity contribution is 7.76. The highest BCUT2D eigenvalue weighted by Crippen LogP contribution is 2.17. The van der Waals surface area contributed by atoms with Crippen LogP contribution >= 0.6 is 0 Å². The van der Waals surface area contributed by atoms with Crippen LogP contribution in [0.1, 0.15) is 19.8 Å². The number of rotatable bonds is 3. The van der Waals surface area contributed by atoms with Crippen molar-refractivity contribution in [3.8, 4) is 0 Å². The summed E-state index contributed by atoms with van der Waals surface area (Å²) in [6, 6.07) is -0.654. The van der Waals surface area contributed by atoms with Crippen molar-refractivity contribution in [3.63, 3.8) is 0 Å². The number of likely N-dealkylation sites (tertiary alicyclic amines) is 1. The number of nitrogens with one attached hydrogen (secondary N) is 1. The molecule has 0 aromatic carbocycles. The van der Waals surface area contributed by atoms with Gasteiger partial charge < -0.3 is 9.74 Å². The summed E-state index contributed by atoms with van der Waals surface area (Å²) >= 11 is -2.40. The topological polar surface area (TPSA) is 95.9 Å². The summed E-state index contributed by atoms with van der Waals surface area (Å²) in [7, 11) is 0. The van der Waals surface area contributed by atoms with Gasteiger partial charge in [-0.05, 0) is 17.7 Å². The fourth-order valence-corrected chi connectivity index (χ4v) is 1.69. The Morgan fingerprint density at radius 2 is 2.27 bits per heavy atom. The molecule has 0 radical (unpaired) electrons. The number of hydrogen-bond donors (Lipinski definition) is 2. The maximum absolute atomic E-state index is 11.3. The van der Waals surface area contributed by atoms with Gasteiger partial charge in [-0.15, -0.1) is 0 Å². The summed E-state index contributed by atoms with van der Waals surface area (Å²) in [5, 5.41) is 0. The second-order valence-corrected chi connectivity index (χ2v) is 3.79. The van der Waals surface area contributed by atoms with Crippen LogP contribution in [0, 0.1) is 0 Å². The highest BCUT2D eigenvalue weighted by Gasteiger charge is 2.33. The highest BCUT2D eigenvalue weighted by atomic mass is 32.2. The largest absolute Gasteiger partial charge is 0.354 e. The van der Waals surface area contributed by atoms with Crippen molar-refractivity contribution in [2.24, 2.45) is 0 Å². The van der Waals surface area contributed by atoms with E-state index in [1.807, 2.05) is 0 Å². The van der Waals surface area contributed by atoms with E-state index in [1.54, 1.807) is 4.89 Å². The third-order valence-electron chi connectivity index (χ3n) is 2.14. The minimum atomic E-state index is -2.40. The lowest BCUT2D eigenvalue weighted by Gasteiger charge is -2.20. The Morgan fingerprint density at radius 1 is 1.60 bits per heavy atom. The normalized spacial score (nSPS) is 22.5. The Kier molecular flexibility index (Phi) is 4.18. The monoisotopic (exact) mass is 236 g/mol. The lowest BCUT2D eigenvalue weighted by atomic mass is 10.2. The van der Waals surface area contributed by atoms with Crippen LogP contribution < -0.4 is 4.89 Å². The number of hydrogen-bond acceptors (Lipinski definition) is 4. The van der Waals surface area contributed by atoms with Gasteiger partial charge in [0.2, 0.25) is 5.91 Å². The van der Waals surface area contributed by atoms with Gasteiger partial charge in [0.05, 0.1) is 0 Å². The van der Waals surface area contributed by atoms with Crippen LogP contribution in [0.4, 0.5) is 0 Å². The molecule has 2 unspecified atom stereocenters. The molecule has 86 valence electrons. The molecule has 1 amide bonds. The van der Waals surface area contributed by atoms with E-state index in [0.29, 0.717) is 13.0 Å². The van der Waals surface area contributed by atoms with Crippen molar-refractivity contribution in [3.05, 3.63) is 0 Å². The summed E-state index contributed by atoms with van der Waals surface area (Å²) in [6.45, 7) is 1.88. The van der Waals surface area contributed by atoms with E-state index in [1.165, 1.54) is 11.8 Å². The molecular formula is C7H12N2O5S. The van der Waals surface area contributed by atoms with E-state index in [4.69, 9.17) is 4.55 Å². The predicted octanol–water partition coefficient (Wildman–Crippen LogP) is -0.818. The van der Waals surface area contributed by atoms with Crippen LogP contribution in [-0.4, -0.2) is 38.1 Å². The van der Waals surface area contributed by atoms with Crippen molar-refractivity contribution < 1.29 is 23.2 Å². The van der Waals surface area contributed by atoms with E-state index in [-0.39, 0.29) is 5.91 Å². The standard InChI is InChI=1S/C7H12N2O5S/c1-5(10)9-4-2-3-6(9)7(11)14-8-15(12)13/h6,8H,2-4H2,1H3,(H,12,13). The van der Waals surface area contributed by atoms with Gasteiger partial charge in [0.15, 0.2) is 0 Å². The lowest BCUT2D eigenvalue weighted by Crippen LogP contribution is -2.42. The van der Waals surface area contributed by atoms with Gasteiger partial charge in [0, 0.05) is 13.5 Å². The average molecular weight is 236 g/mol. The van der Waals surface area contributed by atoms with Crippen LogP contribution in [0.15, 0.2) is 0 Å². The van der Waals surface area contributed by atoms with Gasteiger partial charge in [-0.2, -0.15) is 0 Å². The zero-order valence-corrected chi connectivity index (χ0v) is 8.95. The molecule has 8 heteroatoms.